The summed E-state index contributed by atoms with van der Waals surface area (Å²) in [6.45, 7) is 0. The Hall–Kier alpha value is -1.89. The third kappa shape index (κ3) is 2.39. The molecule has 1 saturated carbocycles. The molecule has 3 rings (SSSR count). The normalized spacial score (nSPS) is 17.5. The summed E-state index contributed by atoms with van der Waals surface area (Å²) in [6, 6.07) is 7.23. The molecule has 1 fully saturated rings. The summed E-state index contributed by atoms with van der Waals surface area (Å²) in [6.07, 6.45) is 4.03. The van der Waals surface area contributed by atoms with Crippen molar-refractivity contribution in [3.63, 3.8) is 0 Å². The monoisotopic (exact) mass is 322 g/mol. The van der Waals surface area contributed by atoms with Crippen LogP contribution in [0.25, 0.3) is 11.4 Å². The number of aromatic nitrogens is 2. The number of benzene rings is 1. The number of rotatable bonds is 4. The summed E-state index contributed by atoms with van der Waals surface area (Å²) >= 11 is 0. The van der Waals surface area contributed by atoms with Gasteiger partial charge in [-0.1, -0.05) is 18.0 Å². The zero-order chi connectivity index (χ0) is 15.8. The topological polar surface area (TPSA) is 82.3 Å². The van der Waals surface area contributed by atoms with E-state index in [4.69, 9.17) is 9.26 Å². The SMILES string of the molecule is COc1ccc(-c2noc(C3(S(C)(=O)=O)CCCC3)n2)cc1. The van der Waals surface area contributed by atoms with Gasteiger partial charge in [-0.15, -0.1) is 0 Å². The molecule has 0 N–H and O–H groups in total. The molecule has 0 radical (unpaired) electrons. The molecule has 2 aromatic rings. The van der Waals surface area contributed by atoms with Crippen molar-refractivity contribution in [2.24, 2.45) is 0 Å². The molecule has 6 nitrogen and oxygen atoms in total. The highest BCUT2D eigenvalue weighted by Crippen LogP contribution is 2.44. The number of sulfone groups is 1. The smallest absolute Gasteiger partial charge is 0.248 e. The molecule has 0 aliphatic heterocycles. The maximum atomic E-state index is 12.2. The molecule has 22 heavy (non-hydrogen) atoms. The second-order valence-corrected chi connectivity index (χ2v) is 7.95. The van der Waals surface area contributed by atoms with E-state index in [9.17, 15) is 8.42 Å². The third-order valence-corrected chi connectivity index (χ3v) is 6.29. The molecule has 0 spiro atoms. The standard InChI is InChI=1S/C15H18N2O4S/c1-20-12-7-5-11(6-8-12)13-16-14(21-17-13)15(22(2,18)19)9-3-4-10-15/h5-8H,3-4,9-10H2,1-2H3. The molecule has 0 saturated heterocycles. The molecule has 1 heterocycles. The average molecular weight is 322 g/mol. The first kappa shape index (κ1) is 15.0. The summed E-state index contributed by atoms with van der Waals surface area (Å²) in [5.74, 6) is 1.33. The van der Waals surface area contributed by atoms with Crippen LogP contribution in [0.15, 0.2) is 28.8 Å². The van der Waals surface area contributed by atoms with Crippen molar-refractivity contribution in [3.8, 4) is 17.1 Å². The van der Waals surface area contributed by atoms with Gasteiger partial charge < -0.3 is 9.26 Å². The van der Waals surface area contributed by atoms with Crippen LogP contribution in [0.2, 0.25) is 0 Å². The molecule has 0 atom stereocenters. The maximum Gasteiger partial charge on any atom is 0.248 e. The van der Waals surface area contributed by atoms with Crippen LogP contribution in [-0.2, 0) is 14.6 Å². The van der Waals surface area contributed by atoms with Crippen molar-refractivity contribution in [2.75, 3.05) is 13.4 Å². The zero-order valence-electron chi connectivity index (χ0n) is 12.6. The van der Waals surface area contributed by atoms with Crippen molar-refractivity contribution >= 4 is 9.84 Å². The lowest BCUT2D eigenvalue weighted by Gasteiger charge is -2.21. The number of methoxy groups -OCH3 is 1. The van der Waals surface area contributed by atoms with Crippen LogP contribution in [0.4, 0.5) is 0 Å². The van der Waals surface area contributed by atoms with Gasteiger partial charge in [0.25, 0.3) is 0 Å². The summed E-state index contributed by atoms with van der Waals surface area (Å²) in [4.78, 5) is 4.36. The summed E-state index contributed by atoms with van der Waals surface area (Å²) in [5.41, 5.74) is 0.762. The van der Waals surface area contributed by atoms with E-state index < -0.39 is 14.6 Å². The largest absolute Gasteiger partial charge is 0.497 e. The van der Waals surface area contributed by atoms with E-state index >= 15 is 0 Å². The van der Waals surface area contributed by atoms with Crippen LogP contribution in [0, 0.1) is 0 Å². The van der Waals surface area contributed by atoms with E-state index in [1.165, 1.54) is 6.26 Å². The Bertz CT molecular complexity index is 759. The van der Waals surface area contributed by atoms with Crippen molar-refractivity contribution < 1.29 is 17.7 Å². The molecule has 118 valence electrons. The first-order valence-electron chi connectivity index (χ1n) is 7.14. The predicted molar refractivity (Wildman–Crippen MR) is 81.3 cm³/mol. The molecule has 1 aliphatic carbocycles. The first-order chi connectivity index (χ1) is 10.5. The lowest BCUT2D eigenvalue weighted by molar-refractivity contribution is 0.331. The molecule has 1 aromatic heterocycles. The average Bonchev–Trinajstić information content (AvgIpc) is 3.16. The number of hydrogen-bond donors (Lipinski definition) is 0. The molecule has 1 aromatic carbocycles. The van der Waals surface area contributed by atoms with Gasteiger partial charge in [-0.25, -0.2) is 8.42 Å². The van der Waals surface area contributed by atoms with Crippen LogP contribution in [0.3, 0.4) is 0 Å². The molecule has 0 unspecified atom stereocenters. The Kier molecular flexibility index (Phi) is 3.68. The van der Waals surface area contributed by atoms with E-state index in [2.05, 4.69) is 10.1 Å². The van der Waals surface area contributed by atoms with Crippen LogP contribution < -0.4 is 4.74 Å². The second-order valence-electron chi connectivity index (χ2n) is 5.63. The van der Waals surface area contributed by atoms with Crippen LogP contribution in [0.5, 0.6) is 5.75 Å². The number of ether oxygens (including phenoxy) is 1. The maximum absolute atomic E-state index is 12.2. The fourth-order valence-electron chi connectivity index (χ4n) is 2.96. The van der Waals surface area contributed by atoms with Crippen molar-refractivity contribution in [2.45, 2.75) is 30.4 Å². The minimum absolute atomic E-state index is 0.207. The lowest BCUT2D eigenvalue weighted by Crippen LogP contribution is -2.32. The molecule has 0 amide bonds. The first-order valence-corrected chi connectivity index (χ1v) is 9.04. The van der Waals surface area contributed by atoms with Gasteiger partial charge in [0.15, 0.2) is 14.6 Å². The van der Waals surface area contributed by atoms with Crippen molar-refractivity contribution in [1.29, 1.82) is 0 Å². The quantitative estimate of drug-likeness (QED) is 0.860. The van der Waals surface area contributed by atoms with Gasteiger partial charge in [-0.2, -0.15) is 4.98 Å². The summed E-state index contributed by atoms with van der Waals surface area (Å²) < 4.78 is 33.9. The highest BCUT2D eigenvalue weighted by atomic mass is 32.2. The van der Waals surface area contributed by atoms with Gasteiger partial charge in [-0.05, 0) is 37.1 Å². The van der Waals surface area contributed by atoms with E-state index in [1.54, 1.807) is 19.2 Å². The molecular weight excluding hydrogens is 304 g/mol. The van der Waals surface area contributed by atoms with Gasteiger partial charge in [0.05, 0.1) is 7.11 Å². The Labute approximate surface area is 129 Å². The predicted octanol–water partition coefficient (Wildman–Crippen LogP) is 2.56. The highest BCUT2D eigenvalue weighted by molar-refractivity contribution is 7.91. The van der Waals surface area contributed by atoms with Gasteiger partial charge in [0.1, 0.15) is 5.75 Å². The van der Waals surface area contributed by atoms with Crippen molar-refractivity contribution in [1.82, 2.24) is 10.1 Å². The van der Waals surface area contributed by atoms with E-state index in [0.717, 1.165) is 24.2 Å². The summed E-state index contributed by atoms with van der Waals surface area (Å²) in [5, 5.41) is 3.95. The molecular formula is C15H18N2O4S. The van der Waals surface area contributed by atoms with Gasteiger partial charge in [0, 0.05) is 11.8 Å². The minimum Gasteiger partial charge on any atom is -0.497 e. The lowest BCUT2D eigenvalue weighted by atomic mass is 10.1. The van der Waals surface area contributed by atoms with Gasteiger partial charge >= 0.3 is 0 Å². The summed E-state index contributed by atoms with van der Waals surface area (Å²) in [7, 11) is -1.72. The Morgan fingerprint density at radius 2 is 1.82 bits per heavy atom. The highest BCUT2D eigenvalue weighted by Gasteiger charge is 2.49. The van der Waals surface area contributed by atoms with E-state index in [1.807, 2.05) is 12.1 Å². The molecule has 1 aliphatic rings. The minimum atomic E-state index is -3.31. The van der Waals surface area contributed by atoms with Crippen molar-refractivity contribution in [3.05, 3.63) is 30.2 Å². The Morgan fingerprint density at radius 1 is 1.18 bits per heavy atom. The van der Waals surface area contributed by atoms with E-state index in [-0.39, 0.29) is 5.89 Å². The Balaban J connectivity index is 1.99. The number of nitrogens with zero attached hydrogens (tertiary/aromatic N) is 2. The third-order valence-electron chi connectivity index (χ3n) is 4.29. The second kappa shape index (κ2) is 5.39. The molecule has 0 bridgehead atoms. The van der Waals surface area contributed by atoms with Crippen LogP contribution in [0.1, 0.15) is 31.6 Å². The van der Waals surface area contributed by atoms with Gasteiger partial charge in [-0.3, -0.25) is 0 Å². The van der Waals surface area contributed by atoms with Crippen LogP contribution >= 0.6 is 0 Å². The fraction of sp³-hybridized carbons (Fsp3) is 0.467. The molecule has 7 heteroatoms. The fourth-order valence-corrected chi connectivity index (χ4v) is 4.39. The Morgan fingerprint density at radius 3 is 2.36 bits per heavy atom. The van der Waals surface area contributed by atoms with Gasteiger partial charge in [0.2, 0.25) is 11.7 Å². The van der Waals surface area contributed by atoms with Crippen LogP contribution in [-0.4, -0.2) is 31.9 Å². The van der Waals surface area contributed by atoms with E-state index in [0.29, 0.717) is 18.7 Å². The zero-order valence-corrected chi connectivity index (χ0v) is 13.4. The number of hydrogen-bond acceptors (Lipinski definition) is 6.